The fourth-order valence-electron chi connectivity index (χ4n) is 1.59. The van der Waals surface area contributed by atoms with Crippen LogP contribution >= 0.6 is 28.1 Å². The molecule has 0 radical (unpaired) electrons. The summed E-state index contributed by atoms with van der Waals surface area (Å²) >= 11 is 8.53. The van der Waals surface area contributed by atoms with Crippen molar-refractivity contribution in [1.29, 1.82) is 0 Å². The average Bonchev–Trinajstić information content (AvgIpc) is 2.31. The third-order valence-corrected chi connectivity index (χ3v) is 3.47. The zero-order chi connectivity index (χ0) is 13.3. The maximum absolute atomic E-state index is 13.3. The van der Waals surface area contributed by atoms with Crippen LogP contribution in [0.3, 0.4) is 0 Å². The van der Waals surface area contributed by atoms with E-state index in [4.69, 9.17) is 12.2 Å². The highest BCUT2D eigenvalue weighted by Crippen LogP contribution is 2.27. The minimum absolute atomic E-state index is 0.302. The summed E-state index contributed by atoms with van der Waals surface area (Å²) in [6.07, 6.45) is 0. The summed E-state index contributed by atoms with van der Waals surface area (Å²) in [6.45, 7) is 4.12. The van der Waals surface area contributed by atoms with Gasteiger partial charge in [0.1, 0.15) is 16.3 Å². The van der Waals surface area contributed by atoms with Gasteiger partial charge in [0.15, 0.2) is 0 Å². The Labute approximate surface area is 118 Å². The van der Waals surface area contributed by atoms with Gasteiger partial charge in [-0.3, -0.25) is 0 Å². The molecule has 0 unspecified atom stereocenters. The fourth-order valence-corrected chi connectivity index (χ4v) is 2.25. The number of nitrogens with one attached hydrogen (secondary N) is 1. The van der Waals surface area contributed by atoms with Gasteiger partial charge in [-0.15, -0.1) is 0 Å². The molecule has 2 nitrogen and oxygen atoms in total. The summed E-state index contributed by atoms with van der Waals surface area (Å²) in [7, 11) is 0. The largest absolute Gasteiger partial charge is 0.343 e. The Morgan fingerprint density at radius 2 is 2.06 bits per heavy atom. The molecule has 0 saturated heterocycles. The van der Waals surface area contributed by atoms with E-state index in [9.17, 15) is 4.39 Å². The van der Waals surface area contributed by atoms with Crippen LogP contribution in [0.1, 0.15) is 25.5 Å². The summed E-state index contributed by atoms with van der Waals surface area (Å²) in [6, 6.07) is 6.32. The zero-order valence-corrected chi connectivity index (χ0v) is 12.4. The monoisotopic (exact) mass is 326 g/mol. The molecule has 2 aromatic rings. The summed E-state index contributed by atoms with van der Waals surface area (Å²) in [5.41, 5.74) is 1.66. The number of aromatic amines is 1. The number of aromatic nitrogens is 2. The Morgan fingerprint density at radius 1 is 1.33 bits per heavy atom. The molecular formula is C13H12BrFN2S. The van der Waals surface area contributed by atoms with Crippen molar-refractivity contribution >= 4 is 28.1 Å². The van der Waals surface area contributed by atoms with Crippen molar-refractivity contribution < 1.29 is 4.39 Å². The van der Waals surface area contributed by atoms with Gasteiger partial charge in [-0.25, -0.2) is 9.37 Å². The SMILES string of the molecule is CC(C)c1cc(=S)nc(-c2cc(F)ccc2Br)[nH]1. The van der Waals surface area contributed by atoms with Gasteiger partial charge in [-0.1, -0.05) is 42.0 Å². The van der Waals surface area contributed by atoms with Crippen molar-refractivity contribution in [3.63, 3.8) is 0 Å². The molecule has 1 N–H and O–H groups in total. The molecule has 2 rings (SSSR count). The van der Waals surface area contributed by atoms with Gasteiger partial charge >= 0.3 is 0 Å². The van der Waals surface area contributed by atoms with Crippen LogP contribution < -0.4 is 0 Å². The second kappa shape index (κ2) is 5.28. The van der Waals surface area contributed by atoms with Gasteiger partial charge in [0.05, 0.1) is 0 Å². The van der Waals surface area contributed by atoms with E-state index in [-0.39, 0.29) is 5.82 Å². The number of nitrogens with zero attached hydrogens (tertiary/aromatic N) is 1. The predicted octanol–water partition coefficient (Wildman–Crippen LogP) is 4.83. The molecule has 1 heterocycles. The normalized spacial score (nSPS) is 10.9. The molecular weight excluding hydrogens is 315 g/mol. The van der Waals surface area contributed by atoms with Crippen LogP contribution in [0.4, 0.5) is 4.39 Å². The van der Waals surface area contributed by atoms with Crippen LogP contribution in [-0.2, 0) is 0 Å². The molecule has 0 bridgehead atoms. The van der Waals surface area contributed by atoms with Gasteiger partial charge in [0, 0.05) is 15.7 Å². The van der Waals surface area contributed by atoms with Crippen LogP contribution in [0.15, 0.2) is 28.7 Å². The van der Waals surface area contributed by atoms with E-state index < -0.39 is 0 Å². The van der Waals surface area contributed by atoms with E-state index in [0.717, 1.165) is 10.2 Å². The molecule has 0 spiro atoms. The molecule has 1 aromatic heterocycles. The molecule has 0 aliphatic rings. The van der Waals surface area contributed by atoms with Crippen molar-refractivity contribution in [2.24, 2.45) is 0 Å². The van der Waals surface area contributed by atoms with E-state index >= 15 is 0 Å². The molecule has 18 heavy (non-hydrogen) atoms. The highest BCUT2D eigenvalue weighted by atomic mass is 79.9. The maximum atomic E-state index is 13.3. The van der Waals surface area contributed by atoms with Crippen LogP contribution in [0.25, 0.3) is 11.4 Å². The first-order valence-corrected chi connectivity index (χ1v) is 6.74. The van der Waals surface area contributed by atoms with E-state index in [1.165, 1.54) is 12.1 Å². The number of hydrogen-bond donors (Lipinski definition) is 1. The van der Waals surface area contributed by atoms with Crippen molar-refractivity contribution in [1.82, 2.24) is 9.97 Å². The van der Waals surface area contributed by atoms with Gasteiger partial charge in [-0.05, 0) is 30.2 Å². The van der Waals surface area contributed by atoms with E-state index in [1.807, 2.05) is 6.07 Å². The predicted molar refractivity (Wildman–Crippen MR) is 76.6 cm³/mol. The molecule has 0 aliphatic carbocycles. The van der Waals surface area contributed by atoms with Crippen LogP contribution in [-0.4, -0.2) is 9.97 Å². The number of H-pyrrole nitrogens is 1. The first-order chi connectivity index (χ1) is 8.47. The topological polar surface area (TPSA) is 28.7 Å². The summed E-state index contributed by atoms with van der Waals surface area (Å²) in [5.74, 6) is 0.586. The van der Waals surface area contributed by atoms with Crippen LogP contribution in [0.2, 0.25) is 0 Å². The lowest BCUT2D eigenvalue weighted by Gasteiger charge is -2.10. The van der Waals surface area contributed by atoms with Gasteiger partial charge in [-0.2, -0.15) is 0 Å². The lowest BCUT2D eigenvalue weighted by Crippen LogP contribution is -1.98. The lowest BCUT2D eigenvalue weighted by molar-refractivity contribution is 0.628. The second-order valence-electron chi connectivity index (χ2n) is 4.30. The number of halogens is 2. The highest BCUT2D eigenvalue weighted by Gasteiger charge is 2.09. The first-order valence-electron chi connectivity index (χ1n) is 5.54. The molecule has 0 fully saturated rings. The third kappa shape index (κ3) is 2.84. The first kappa shape index (κ1) is 13.4. The van der Waals surface area contributed by atoms with E-state index in [0.29, 0.717) is 21.9 Å². The minimum Gasteiger partial charge on any atom is -0.343 e. The van der Waals surface area contributed by atoms with Crippen molar-refractivity contribution in [2.75, 3.05) is 0 Å². The Kier molecular flexibility index (Phi) is 3.92. The standard InChI is InChI=1S/C13H12BrFN2S/c1-7(2)11-6-12(18)17-13(16-11)9-5-8(15)3-4-10(9)14/h3-7H,1-2H3,(H,16,17,18). The Morgan fingerprint density at radius 3 is 2.72 bits per heavy atom. The summed E-state index contributed by atoms with van der Waals surface area (Å²) in [5, 5.41) is 0. The highest BCUT2D eigenvalue weighted by molar-refractivity contribution is 9.10. The van der Waals surface area contributed by atoms with Crippen molar-refractivity contribution in [3.05, 3.63) is 44.9 Å². The number of rotatable bonds is 2. The molecule has 0 aliphatic heterocycles. The Hall–Kier alpha value is -1.07. The molecule has 5 heteroatoms. The molecule has 94 valence electrons. The summed E-state index contributed by atoms with van der Waals surface area (Å²) < 4.78 is 14.6. The number of hydrogen-bond acceptors (Lipinski definition) is 2. The Balaban J connectivity index is 2.63. The van der Waals surface area contributed by atoms with Crippen molar-refractivity contribution in [2.45, 2.75) is 19.8 Å². The van der Waals surface area contributed by atoms with Crippen LogP contribution in [0.5, 0.6) is 0 Å². The molecule has 0 amide bonds. The fraction of sp³-hybridized carbons (Fsp3) is 0.231. The third-order valence-electron chi connectivity index (χ3n) is 2.57. The van der Waals surface area contributed by atoms with Gasteiger partial charge in [0.2, 0.25) is 0 Å². The lowest BCUT2D eigenvalue weighted by atomic mass is 10.1. The van der Waals surface area contributed by atoms with E-state index in [2.05, 4.69) is 39.7 Å². The quantitative estimate of drug-likeness (QED) is 0.800. The zero-order valence-electron chi connectivity index (χ0n) is 10.00. The maximum Gasteiger partial charge on any atom is 0.140 e. The molecule has 1 aromatic carbocycles. The average molecular weight is 327 g/mol. The van der Waals surface area contributed by atoms with Crippen molar-refractivity contribution in [3.8, 4) is 11.4 Å². The van der Waals surface area contributed by atoms with E-state index in [1.54, 1.807) is 6.07 Å². The number of benzene rings is 1. The Bertz CT molecular complexity index is 637. The smallest absolute Gasteiger partial charge is 0.140 e. The second-order valence-corrected chi connectivity index (χ2v) is 5.57. The summed E-state index contributed by atoms with van der Waals surface area (Å²) in [4.78, 5) is 7.45. The van der Waals surface area contributed by atoms with Crippen LogP contribution in [0, 0.1) is 10.5 Å². The molecule has 0 saturated carbocycles. The van der Waals surface area contributed by atoms with Gasteiger partial charge < -0.3 is 4.98 Å². The van der Waals surface area contributed by atoms with Gasteiger partial charge in [0.25, 0.3) is 0 Å². The minimum atomic E-state index is -0.302. The molecule has 0 atom stereocenters.